The molecule has 0 fully saturated rings. The number of hydrogen-bond acceptors (Lipinski definition) is 1. The van der Waals surface area contributed by atoms with Gasteiger partial charge in [-0.15, -0.1) is 0 Å². The Morgan fingerprint density at radius 2 is 1.46 bits per heavy atom. The van der Waals surface area contributed by atoms with Crippen molar-refractivity contribution < 1.29 is 9.90 Å². The Morgan fingerprint density at radius 1 is 0.917 bits per heavy atom. The van der Waals surface area contributed by atoms with Crippen molar-refractivity contribution in [2.45, 2.75) is 116 Å². The molecule has 0 amide bonds. The summed E-state index contributed by atoms with van der Waals surface area (Å²) in [5.41, 5.74) is 1.21. The summed E-state index contributed by atoms with van der Waals surface area (Å²) < 4.78 is 0. The summed E-state index contributed by atoms with van der Waals surface area (Å²) in [6.45, 7) is 2.27. The van der Waals surface area contributed by atoms with Gasteiger partial charge in [-0.25, -0.2) is 0 Å². The average Bonchev–Trinajstić information content (AvgIpc) is 2.59. The Morgan fingerprint density at radius 3 is 1.92 bits per heavy atom. The van der Waals surface area contributed by atoms with Gasteiger partial charge in [0, 0.05) is 0 Å². The molecule has 24 heavy (non-hydrogen) atoms. The van der Waals surface area contributed by atoms with Crippen molar-refractivity contribution in [3.05, 3.63) is 11.6 Å². The summed E-state index contributed by atoms with van der Waals surface area (Å²) in [7, 11) is 0. The summed E-state index contributed by atoms with van der Waals surface area (Å²) in [5.74, 6) is -0.806. The fraction of sp³-hybridized carbons (Fsp3) is 0.864. The molecule has 0 spiro atoms. The van der Waals surface area contributed by atoms with E-state index in [1.807, 2.05) is 0 Å². The molecule has 1 aliphatic carbocycles. The zero-order valence-corrected chi connectivity index (χ0v) is 16.0. The van der Waals surface area contributed by atoms with Gasteiger partial charge >= 0.3 is 5.97 Å². The first-order valence-corrected chi connectivity index (χ1v) is 10.7. The molecule has 0 aromatic heterocycles. The SMILES string of the molecule is CCCCCCCCCCCCCCC(C(=O)O)C1=CCCCC1. The van der Waals surface area contributed by atoms with Crippen molar-refractivity contribution in [3.63, 3.8) is 0 Å². The predicted octanol–water partition coefficient (Wildman–Crippen LogP) is 7.28. The van der Waals surface area contributed by atoms with Crippen molar-refractivity contribution in [2.24, 2.45) is 5.92 Å². The predicted molar refractivity (Wildman–Crippen MR) is 103 cm³/mol. The van der Waals surface area contributed by atoms with Crippen molar-refractivity contribution in [2.75, 3.05) is 0 Å². The van der Waals surface area contributed by atoms with E-state index < -0.39 is 5.97 Å². The van der Waals surface area contributed by atoms with E-state index in [9.17, 15) is 9.90 Å². The molecule has 0 saturated carbocycles. The van der Waals surface area contributed by atoms with Gasteiger partial charge in [0.2, 0.25) is 0 Å². The molecular weight excluding hydrogens is 296 g/mol. The standard InChI is InChI=1S/C22H40O2/c1-2-3-4-5-6-7-8-9-10-11-12-16-19-21(22(23)24)20-17-14-13-15-18-20/h17,21H,2-16,18-19H2,1H3,(H,23,24). The zero-order chi connectivity index (χ0) is 17.5. The van der Waals surface area contributed by atoms with Gasteiger partial charge in [-0.2, -0.15) is 0 Å². The monoisotopic (exact) mass is 336 g/mol. The highest BCUT2D eigenvalue weighted by Gasteiger charge is 2.22. The number of aliphatic carboxylic acids is 1. The minimum atomic E-state index is -0.605. The first-order chi connectivity index (χ1) is 11.8. The minimum absolute atomic E-state index is 0.201. The minimum Gasteiger partial charge on any atom is -0.481 e. The van der Waals surface area contributed by atoms with Gasteiger partial charge in [-0.3, -0.25) is 4.79 Å². The number of unbranched alkanes of at least 4 members (excludes halogenated alkanes) is 11. The second kappa shape index (κ2) is 14.5. The fourth-order valence-corrected chi connectivity index (χ4v) is 3.84. The van der Waals surface area contributed by atoms with Crippen LogP contribution in [0.4, 0.5) is 0 Å². The smallest absolute Gasteiger partial charge is 0.310 e. The maximum atomic E-state index is 11.5. The lowest BCUT2D eigenvalue weighted by Crippen LogP contribution is -2.17. The molecule has 1 N–H and O–H groups in total. The zero-order valence-electron chi connectivity index (χ0n) is 16.0. The van der Waals surface area contributed by atoms with Gasteiger partial charge < -0.3 is 5.11 Å². The van der Waals surface area contributed by atoms with Gasteiger partial charge in [-0.05, 0) is 32.1 Å². The maximum absolute atomic E-state index is 11.5. The largest absolute Gasteiger partial charge is 0.481 e. The summed E-state index contributed by atoms with van der Waals surface area (Å²) >= 11 is 0. The topological polar surface area (TPSA) is 37.3 Å². The third-order valence-corrected chi connectivity index (χ3v) is 5.42. The first-order valence-electron chi connectivity index (χ1n) is 10.7. The molecule has 2 heteroatoms. The Hall–Kier alpha value is -0.790. The molecule has 140 valence electrons. The van der Waals surface area contributed by atoms with Crippen LogP contribution < -0.4 is 0 Å². The van der Waals surface area contributed by atoms with Crippen LogP contribution in [0.5, 0.6) is 0 Å². The normalized spacial score (nSPS) is 16.0. The number of rotatable bonds is 15. The first kappa shape index (κ1) is 21.3. The van der Waals surface area contributed by atoms with E-state index in [1.165, 1.54) is 89.0 Å². The Bertz CT molecular complexity index is 346. The molecule has 0 radical (unpaired) electrons. The van der Waals surface area contributed by atoms with Gasteiger partial charge in [0.1, 0.15) is 0 Å². The van der Waals surface area contributed by atoms with Crippen LogP contribution in [0.15, 0.2) is 11.6 Å². The summed E-state index contributed by atoms with van der Waals surface area (Å²) in [4.78, 5) is 11.5. The molecule has 1 rings (SSSR count). The molecule has 0 bridgehead atoms. The molecule has 1 atom stereocenters. The molecule has 0 aliphatic heterocycles. The van der Waals surface area contributed by atoms with E-state index >= 15 is 0 Å². The molecule has 0 aromatic rings. The van der Waals surface area contributed by atoms with E-state index in [4.69, 9.17) is 0 Å². The van der Waals surface area contributed by atoms with Crippen LogP contribution in [-0.4, -0.2) is 11.1 Å². The molecular formula is C22H40O2. The average molecular weight is 337 g/mol. The summed E-state index contributed by atoms with van der Waals surface area (Å²) in [5, 5.41) is 9.46. The second-order valence-corrected chi connectivity index (χ2v) is 7.59. The lowest BCUT2D eigenvalue weighted by molar-refractivity contribution is -0.140. The van der Waals surface area contributed by atoms with Crippen LogP contribution in [0, 0.1) is 5.92 Å². The van der Waals surface area contributed by atoms with E-state index in [0.29, 0.717) is 0 Å². The molecule has 2 nitrogen and oxygen atoms in total. The van der Waals surface area contributed by atoms with Crippen LogP contribution in [-0.2, 0) is 4.79 Å². The Labute approximate surface area is 150 Å². The van der Waals surface area contributed by atoms with E-state index in [0.717, 1.165) is 25.7 Å². The second-order valence-electron chi connectivity index (χ2n) is 7.59. The third-order valence-electron chi connectivity index (χ3n) is 5.42. The quantitative estimate of drug-likeness (QED) is 0.252. The van der Waals surface area contributed by atoms with Crippen molar-refractivity contribution in [1.82, 2.24) is 0 Å². The highest BCUT2D eigenvalue weighted by atomic mass is 16.4. The van der Waals surface area contributed by atoms with Gasteiger partial charge in [-0.1, -0.05) is 95.6 Å². The number of carbonyl (C=O) groups is 1. The van der Waals surface area contributed by atoms with Crippen LogP contribution in [0.3, 0.4) is 0 Å². The van der Waals surface area contributed by atoms with Crippen LogP contribution in [0.1, 0.15) is 116 Å². The van der Waals surface area contributed by atoms with Crippen molar-refractivity contribution in [1.29, 1.82) is 0 Å². The maximum Gasteiger partial charge on any atom is 0.310 e. The van der Waals surface area contributed by atoms with Gasteiger partial charge in [0.05, 0.1) is 5.92 Å². The fourth-order valence-electron chi connectivity index (χ4n) is 3.84. The van der Waals surface area contributed by atoms with Crippen molar-refractivity contribution in [3.8, 4) is 0 Å². The van der Waals surface area contributed by atoms with E-state index in [1.54, 1.807) is 0 Å². The molecule has 1 unspecified atom stereocenters. The van der Waals surface area contributed by atoms with E-state index in [2.05, 4.69) is 13.0 Å². The Kier molecular flexibility index (Phi) is 12.9. The number of hydrogen-bond donors (Lipinski definition) is 1. The van der Waals surface area contributed by atoms with Crippen LogP contribution in [0.25, 0.3) is 0 Å². The number of carboxylic acids is 1. The lowest BCUT2D eigenvalue weighted by Gasteiger charge is -2.19. The lowest BCUT2D eigenvalue weighted by atomic mass is 9.86. The van der Waals surface area contributed by atoms with E-state index in [-0.39, 0.29) is 5.92 Å². The highest BCUT2D eigenvalue weighted by Crippen LogP contribution is 2.28. The summed E-state index contributed by atoms with van der Waals surface area (Å²) in [6, 6.07) is 0. The Balaban J connectivity index is 1.96. The van der Waals surface area contributed by atoms with Crippen molar-refractivity contribution >= 4 is 5.97 Å². The highest BCUT2D eigenvalue weighted by molar-refractivity contribution is 5.73. The van der Waals surface area contributed by atoms with Gasteiger partial charge in [0.25, 0.3) is 0 Å². The molecule has 0 aromatic carbocycles. The molecule has 1 aliphatic rings. The molecule has 0 saturated heterocycles. The van der Waals surface area contributed by atoms with Crippen LogP contribution in [0.2, 0.25) is 0 Å². The number of allylic oxidation sites excluding steroid dienone is 1. The van der Waals surface area contributed by atoms with Gasteiger partial charge in [0.15, 0.2) is 0 Å². The summed E-state index contributed by atoms with van der Waals surface area (Å²) in [6.07, 6.45) is 23.5. The third kappa shape index (κ3) is 10.2. The molecule has 0 heterocycles. The van der Waals surface area contributed by atoms with Crippen LogP contribution >= 0.6 is 0 Å². The number of carboxylic acid groups (broad SMARTS) is 1.